The first-order valence-corrected chi connectivity index (χ1v) is 6.57. The zero-order chi connectivity index (χ0) is 12.3. The number of carbonyl (C=O) groups is 1. The van der Waals surface area contributed by atoms with Gasteiger partial charge in [0.1, 0.15) is 4.88 Å². The Bertz CT molecular complexity index is 522. The zero-order valence-electron chi connectivity index (χ0n) is 8.81. The number of carboxylic acid groups (broad SMARTS) is 1. The van der Waals surface area contributed by atoms with Gasteiger partial charge < -0.3 is 10.4 Å². The van der Waals surface area contributed by atoms with Crippen LogP contribution < -0.4 is 5.32 Å². The average Bonchev–Trinajstić information content (AvgIpc) is 2.77. The number of hydrogen-bond donors (Lipinski definition) is 2. The van der Waals surface area contributed by atoms with Crippen LogP contribution in [0.25, 0.3) is 0 Å². The highest BCUT2D eigenvalue weighted by Crippen LogP contribution is 2.19. The van der Waals surface area contributed by atoms with Gasteiger partial charge in [-0.1, -0.05) is 15.9 Å². The summed E-state index contributed by atoms with van der Waals surface area (Å²) in [5.74, 6) is -0.870. The fourth-order valence-corrected chi connectivity index (χ4v) is 2.40. The Morgan fingerprint density at radius 2 is 1.94 bits per heavy atom. The second kappa shape index (κ2) is 5.33. The fourth-order valence-electron chi connectivity index (χ4n) is 1.34. The lowest BCUT2D eigenvalue weighted by Gasteiger charge is -2.04. The van der Waals surface area contributed by atoms with Crippen LogP contribution in [0.15, 0.2) is 40.9 Å². The standard InChI is InChI=1S/C12H10BrNO2S/c13-8-1-3-9(4-2-8)14-7-10-5-6-11(17-10)12(15)16/h1-6,14H,7H2,(H,15,16). The molecule has 2 aromatic rings. The number of rotatable bonds is 4. The largest absolute Gasteiger partial charge is 0.477 e. The minimum atomic E-state index is -0.870. The number of hydrogen-bond acceptors (Lipinski definition) is 3. The lowest BCUT2D eigenvalue weighted by atomic mass is 10.3. The zero-order valence-corrected chi connectivity index (χ0v) is 11.2. The molecule has 88 valence electrons. The number of thiophene rings is 1. The van der Waals surface area contributed by atoms with Crippen molar-refractivity contribution in [3.05, 3.63) is 50.6 Å². The lowest BCUT2D eigenvalue weighted by Crippen LogP contribution is -1.96. The van der Waals surface area contributed by atoms with E-state index in [1.54, 1.807) is 6.07 Å². The summed E-state index contributed by atoms with van der Waals surface area (Å²) in [7, 11) is 0. The van der Waals surface area contributed by atoms with Gasteiger partial charge in [0.05, 0.1) is 0 Å². The molecule has 0 unspecified atom stereocenters. The first-order valence-electron chi connectivity index (χ1n) is 4.96. The van der Waals surface area contributed by atoms with Gasteiger partial charge in [-0.05, 0) is 36.4 Å². The van der Waals surface area contributed by atoms with E-state index in [1.165, 1.54) is 11.3 Å². The smallest absolute Gasteiger partial charge is 0.345 e. The summed E-state index contributed by atoms with van der Waals surface area (Å²) in [5.41, 5.74) is 1.01. The molecule has 1 heterocycles. The molecule has 0 aliphatic heterocycles. The minimum Gasteiger partial charge on any atom is -0.477 e. The summed E-state index contributed by atoms with van der Waals surface area (Å²) in [6, 6.07) is 11.3. The van der Waals surface area contributed by atoms with Crippen LogP contribution in [-0.2, 0) is 6.54 Å². The van der Waals surface area contributed by atoms with Crippen molar-refractivity contribution < 1.29 is 9.90 Å². The van der Waals surface area contributed by atoms with Crippen LogP contribution in [-0.4, -0.2) is 11.1 Å². The van der Waals surface area contributed by atoms with E-state index in [1.807, 2.05) is 30.3 Å². The van der Waals surface area contributed by atoms with Crippen LogP contribution in [0.4, 0.5) is 5.69 Å². The molecule has 2 N–H and O–H groups in total. The van der Waals surface area contributed by atoms with Gasteiger partial charge in [-0.2, -0.15) is 0 Å². The SMILES string of the molecule is O=C(O)c1ccc(CNc2ccc(Br)cc2)s1. The van der Waals surface area contributed by atoms with Crippen LogP contribution in [0.3, 0.4) is 0 Å². The summed E-state index contributed by atoms with van der Waals surface area (Å²) >= 11 is 4.66. The lowest BCUT2D eigenvalue weighted by molar-refractivity contribution is 0.0702. The highest BCUT2D eigenvalue weighted by atomic mass is 79.9. The molecule has 17 heavy (non-hydrogen) atoms. The van der Waals surface area contributed by atoms with Gasteiger partial charge in [0.15, 0.2) is 0 Å². The molecule has 0 saturated carbocycles. The van der Waals surface area contributed by atoms with Crippen molar-refractivity contribution in [3.63, 3.8) is 0 Å². The predicted molar refractivity (Wildman–Crippen MR) is 72.7 cm³/mol. The van der Waals surface area contributed by atoms with E-state index in [2.05, 4.69) is 21.2 Å². The highest BCUT2D eigenvalue weighted by molar-refractivity contribution is 9.10. The summed E-state index contributed by atoms with van der Waals surface area (Å²) in [6.45, 7) is 0.638. The van der Waals surface area contributed by atoms with Gasteiger partial charge in [-0.3, -0.25) is 0 Å². The topological polar surface area (TPSA) is 49.3 Å². The minimum absolute atomic E-state index is 0.373. The first kappa shape index (κ1) is 12.1. The number of anilines is 1. The molecule has 3 nitrogen and oxygen atoms in total. The average molecular weight is 312 g/mol. The maximum atomic E-state index is 10.7. The van der Waals surface area contributed by atoms with Crippen molar-refractivity contribution in [1.29, 1.82) is 0 Å². The molecule has 0 bridgehead atoms. The molecule has 0 spiro atoms. The number of halogens is 1. The normalized spacial score (nSPS) is 10.2. The van der Waals surface area contributed by atoms with E-state index in [4.69, 9.17) is 5.11 Å². The monoisotopic (exact) mass is 311 g/mol. The molecule has 0 amide bonds. The Morgan fingerprint density at radius 1 is 1.24 bits per heavy atom. The van der Waals surface area contributed by atoms with Gasteiger partial charge >= 0.3 is 5.97 Å². The third-order valence-corrected chi connectivity index (χ3v) is 3.79. The Morgan fingerprint density at radius 3 is 2.53 bits per heavy atom. The second-order valence-corrected chi connectivity index (χ2v) is 5.52. The molecule has 0 radical (unpaired) electrons. The molecule has 5 heteroatoms. The molecular weight excluding hydrogens is 302 g/mol. The Balaban J connectivity index is 1.97. The molecule has 1 aromatic carbocycles. The second-order valence-electron chi connectivity index (χ2n) is 3.43. The molecule has 1 aromatic heterocycles. The Labute approximate surface area is 111 Å². The van der Waals surface area contributed by atoms with E-state index < -0.39 is 5.97 Å². The number of carboxylic acids is 1. The predicted octanol–water partition coefficient (Wildman–Crippen LogP) is 3.82. The quantitative estimate of drug-likeness (QED) is 0.902. The van der Waals surface area contributed by atoms with E-state index in [9.17, 15) is 4.79 Å². The third kappa shape index (κ3) is 3.31. The van der Waals surface area contributed by atoms with E-state index >= 15 is 0 Å². The van der Waals surface area contributed by atoms with Crippen molar-refractivity contribution >= 4 is 38.9 Å². The maximum Gasteiger partial charge on any atom is 0.345 e. The van der Waals surface area contributed by atoms with Gasteiger partial charge in [-0.25, -0.2) is 4.79 Å². The summed E-state index contributed by atoms with van der Waals surface area (Å²) in [4.78, 5) is 12.1. The fraction of sp³-hybridized carbons (Fsp3) is 0.0833. The van der Waals surface area contributed by atoms with Gasteiger partial charge in [0.2, 0.25) is 0 Å². The van der Waals surface area contributed by atoms with Crippen LogP contribution in [0.5, 0.6) is 0 Å². The van der Waals surface area contributed by atoms with Crippen LogP contribution >= 0.6 is 27.3 Å². The van der Waals surface area contributed by atoms with Crippen LogP contribution in [0.2, 0.25) is 0 Å². The van der Waals surface area contributed by atoms with Crippen molar-refractivity contribution in [2.24, 2.45) is 0 Å². The first-order chi connectivity index (χ1) is 8.15. The molecule has 0 aliphatic carbocycles. The van der Waals surface area contributed by atoms with Gasteiger partial charge in [0.25, 0.3) is 0 Å². The summed E-state index contributed by atoms with van der Waals surface area (Å²) in [5, 5.41) is 12.0. The van der Waals surface area contributed by atoms with Crippen molar-refractivity contribution in [3.8, 4) is 0 Å². The van der Waals surface area contributed by atoms with Crippen molar-refractivity contribution in [2.75, 3.05) is 5.32 Å². The molecule has 0 fully saturated rings. The van der Waals surface area contributed by atoms with Crippen molar-refractivity contribution in [2.45, 2.75) is 6.54 Å². The molecular formula is C12H10BrNO2S. The maximum absolute atomic E-state index is 10.7. The van der Waals surface area contributed by atoms with E-state index in [-0.39, 0.29) is 0 Å². The highest BCUT2D eigenvalue weighted by Gasteiger charge is 2.06. The van der Waals surface area contributed by atoms with E-state index in [0.29, 0.717) is 11.4 Å². The molecule has 2 rings (SSSR count). The summed E-state index contributed by atoms with van der Waals surface area (Å²) in [6.07, 6.45) is 0. The molecule has 0 aliphatic rings. The van der Waals surface area contributed by atoms with Gasteiger partial charge in [0, 0.05) is 21.6 Å². The van der Waals surface area contributed by atoms with Crippen molar-refractivity contribution in [1.82, 2.24) is 0 Å². The number of benzene rings is 1. The number of aromatic carboxylic acids is 1. The number of nitrogens with one attached hydrogen (secondary N) is 1. The van der Waals surface area contributed by atoms with E-state index in [0.717, 1.165) is 15.0 Å². The third-order valence-electron chi connectivity index (χ3n) is 2.18. The molecule has 0 saturated heterocycles. The molecule has 0 atom stereocenters. The van der Waals surface area contributed by atoms with Crippen LogP contribution in [0.1, 0.15) is 14.5 Å². The summed E-state index contributed by atoms with van der Waals surface area (Å²) < 4.78 is 1.03. The van der Waals surface area contributed by atoms with Gasteiger partial charge in [-0.15, -0.1) is 11.3 Å². The van der Waals surface area contributed by atoms with Crippen LogP contribution in [0, 0.1) is 0 Å². The Kier molecular flexibility index (Phi) is 3.81. The Hall–Kier alpha value is -1.33.